The zero-order chi connectivity index (χ0) is 16.5. The lowest BCUT2D eigenvalue weighted by Crippen LogP contribution is -2.34. The van der Waals surface area contributed by atoms with Crippen molar-refractivity contribution in [3.8, 4) is 5.88 Å². The highest BCUT2D eigenvalue weighted by Crippen LogP contribution is 2.27. The lowest BCUT2D eigenvalue weighted by Gasteiger charge is -2.24. The molecule has 0 aliphatic rings. The molecule has 22 heavy (non-hydrogen) atoms. The van der Waals surface area contributed by atoms with Crippen molar-refractivity contribution < 1.29 is 13.2 Å². The van der Waals surface area contributed by atoms with Crippen LogP contribution in [-0.4, -0.2) is 40.6 Å². The predicted octanol–water partition coefficient (Wildman–Crippen LogP) is 0.941. The third kappa shape index (κ3) is 4.14. The van der Waals surface area contributed by atoms with E-state index in [4.69, 9.17) is 9.88 Å². The van der Waals surface area contributed by atoms with Crippen LogP contribution in [0.4, 0.5) is 0 Å². The molecule has 0 fully saturated rings. The van der Waals surface area contributed by atoms with E-state index in [0.717, 1.165) is 5.56 Å². The van der Waals surface area contributed by atoms with Crippen molar-refractivity contribution >= 4 is 15.7 Å². The molecule has 0 atom stereocenters. The van der Waals surface area contributed by atoms with Gasteiger partial charge in [0.15, 0.2) is 5.65 Å². The topological polar surface area (TPSA) is 112 Å². The molecule has 0 aromatic carbocycles. The third-order valence-electron chi connectivity index (χ3n) is 3.09. The van der Waals surface area contributed by atoms with E-state index in [1.165, 1.54) is 11.0 Å². The third-order valence-corrected chi connectivity index (χ3v) is 4.27. The van der Waals surface area contributed by atoms with E-state index in [9.17, 15) is 8.42 Å². The maximum Gasteiger partial charge on any atom is 0.237 e. The summed E-state index contributed by atoms with van der Waals surface area (Å²) in [5, 5.41) is 13.4. The van der Waals surface area contributed by atoms with Gasteiger partial charge in [0.1, 0.15) is 6.33 Å². The van der Waals surface area contributed by atoms with Crippen molar-refractivity contribution in [2.45, 2.75) is 33.6 Å². The molecule has 2 rings (SSSR count). The minimum atomic E-state index is -3.57. The molecule has 0 bridgehead atoms. The first-order valence-corrected chi connectivity index (χ1v) is 8.63. The van der Waals surface area contributed by atoms with Gasteiger partial charge >= 0.3 is 0 Å². The number of aromatic nitrogens is 4. The Morgan fingerprint density at radius 3 is 2.68 bits per heavy atom. The van der Waals surface area contributed by atoms with Crippen LogP contribution in [0.3, 0.4) is 0 Å². The maximum atomic E-state index is 11.3. The highest BCUT2D eigenvalue weighted by Gasteiger charge is 2.26. The number of ether oxygens (including phenoxy) is 1. The minimum Gasteiger partial charge on any atom is -0.476 e. The molecular weight excluding hydrogens is 306 g/mol. The number of fused-ring (bicyclic) bond motifs is 1. The van der Waals surface area contributed by atoms with Gasteiger partial charge in [-0.15, -0.1) is 14.8 Å². The largest absolute Gasteiger partial charge is 0.476 e. The molecule has 0 unspecified atom stereocenters. The molecule has 2 heterocycles. The van der Waals surface area contributed by atoms with Crippen molar-refractivity contribution in [1.82, 2.24) is 19.8 Å². The van der Waals surface area contributed by atoms with Gasteiger partial charge in [-0.3, -0.25) is 0 Å². The van der Waals surface area contributed by atoms with E-state index in [2.05, 4.69) is 15.2 Å². The number of primary sulfonamides is 1. The van der Waals surface area contributed by atoms with E-state index in [1.807, 2.05) is 19.9 Å². The molecule has 2 aromatic heterocycles. The number of nitrogens with two attached hydrogens (primary N) is 1. The Kier molecular flexibility index (Phi) is 4.39. The van der Waals surface area contributed by atoms with E-state index in [1.54, 1.807) is 13.8 Å². The molecule has 122 valence electrons. The lowest BCUT2D eigenvalue weighted by atomic mass is 9.98. The SMILES string of the molecule is CC(C)c1cc2ncnn2nc1OCC(C)(C)CS(N)(=O)=O. The Labute approximate surface area is 129 Å². The van der Waals surface area contributed by atoms with E-state index < -0.39 is 15.4 Å². The summed E-state index contributed by atoms with van der Waals surface area (Å²) in [5.41, 5.74) is 0.910. The van der Waals surface area contributed by atoms with E-state index >= 15 is 0 Å². The molecular formula is C13H21N5O3S. The van der Waals surface area contributed by atoms with Crippen LogP contribution in [-0.2, 0) is 10.0 Å². The van der Waals surface area contributed by atoms with E-state index in [-0.39, 0.29) is 18.3 Å². The zero-order valence-electron chi connectivity index (χ0n) is 13.1. The molecule has 9 heteroatoms. The minimum absolute atomic E-state index is 0.164. The number of sulfonamides is 1. The molecule has 0 aliphatic carbocycles. The first-order chi connectivity index (χ1) is 10.1. The number of rotatable bonds is 6. The molecule has 2 N–H and O–H groups in total. The number of hydrogen-bond donors (Lipinski definition) is 1. The van der Waals surface area contributed by atoms with Gasteiger partial charge in [-0.1, -0.05) is 27.7 Å². The van der Waals surface area contributed by atoms with E-state index in [0.29, 0.717) is 11.5 Å². The summed E-state index contributed by atoms with van der Waals surface area (Å²) in [6.07, 6.45) is 1.42. The number of hydrogen-bond acceptors (Lipinski definition) is 6. The second-order valence-electron chi connectivity index (χ2n) is 6.43. The van der Waals surface area contributed by atoms with Crippen molar-refractivity contribution in [3.05, 3.63) is 18.0 Å². The second kappa shape index (κ2) is 5.81. The van der Waals surface area contributed by atoms with Crippen molar-refractivity contribution in [3.63, 3.8) is 0 Å². The summed E-state index contributed by atoms with van der Waals surface area (Å²) in [7, 11) is -3.57. The van der Waals surface area contributed by atoms with Gasteiger partial charge in [-0.05, 0) is 12.0 Å². The van der Waals surface area contributed by atoms with Crippen LogP contribution in [0.15, 0.2) is 12.4 Å². The fourth-order valence-corrected chi connectivity index (χ4v) is 3.31. The predicted molar refractivity (Wildman–Crippen MR) is 82.1 cm³/mol. The van der Waals surface area contributed by atoms with Crippen LogP contribution in [0.2, 0.25) is 0 Å². The Balaban J connectivity index is 2.25. The zero-order valence-corrected chi connectivity index (χ0v) is 14.0. The van der Waals surface area contributed by atoms with Gasteiger partial charge in [0, 0.05) is 11.0 Å². The first kappa shape index (κ1) is 16.6. The van der Waals surface area contributed by atoms with Gasteiger partial charge in [-0.25, -0.2) is 18.5 Å². The monoisotopic (exact) mass is 327 g/mol. The van der Waals surface area contributed by atoms with Crippen LogP contribution >= 0.6 is 0 Å². The lowest BCUT2D eigenvalue weighted by molar-refractivity contribution is 0.188. The smallest absolute Gasteiger partial charge is 0.237 e. The van der Waals surface area contributed by atoms with Crippen molar-refractivity contribution in [2.24, 2.45) is 10.6 Å². The highest BCUT2D eigenvalue weighted by atomic mass is 32.2. The number of nitrogens with zero attached hydrogens (tertiary/aromatic N) is 4. The molecule has 0 aliphatic heterocycles. The summed E-state index contributed by atoms with van der Waals surface area (Å²) in [6, 6.07) is 1.87. The first-order valence-electron chi connectivity index (χ1n) is 6.92. The van der Waals surface area contributed by atoms with Crippen LogP contribution in [0, 0.1) is 5.41 Å². The summed E-state index contributed by atoms with van der Waals surface area (Å²) < 4.78 is 29.7. The Hall–Kier alpha value is -1.74. The summed E-state index contributed by atoms with van der Waals surface area (Å²) in [5.74, 6) is 0.448. The standard InChI is InChI=1S/C13H21N5O3S/c1-9(2)10-5-11-15-8-16-18(11)17-12(10)21-6-13(3,4)7-22(14,19)20/h5,8-9H,6-7H2,1-4H3,(H2,14,19,20). The average molecular weight is 327 g/mol. The van der Waals surface area contributed by atoms with Gasteiger partial charge in [0.05, 0.1) is 12.4 Å². The molecule has 0 radical (unpaired) electrons. The van der Waals surface area contributed by atoms with Gasteiger partial charge in [-0.2, -0.15) is 0 Å². The molecule has 8 nitrogen and oxygen atoms in total. The fourth-order valence-electron chi connectivity index (χ4n) is 2.14. The second-order valence-corrected chi connectivity index (χ2v) is 8.04. The Morgan fingerprint density at radius 2 is 2.09 bits per heavy atom. The normalized spacial score (nSPS) is 13.0. The fraction of sp³-hybridized carbons (Fsp3) is 0.615. The summed E-state index contributed by atoms with van der Waals surface area (Å²) >= 11 is 0. The molecule has 2 aromatic rings. The van der Waals surface area contributed by atoms with Crippen molar-refractivity contribution in [2.75, 3.05) is 12.4 Å². The quantitative estimate of drug-likeness (QED) is 0.845. The molecule has 0 saturated heterocycles. The summed E-state index contributed by atoms with van der Waals surface area (Å²) in [4.78, 5) is 4.10. The maximum absolute atomic E-state index is 11.3. The molecule has 0 amide bonds. The van der Waals surface area contributed by atoms with Crippen LogP contribution in [0.25, 0.3) is 5.65 Å². The molecule has 0 saturated carbocycles. The van der Waals surface area contributed by atoms with Crippen LogP contribution in [0.5, 0.6) is 5.88 Å². The Bertz CT molecular complexity index is 767. The average Bonchev–Trinajstić information content (AvgIpc) is 2.79. The van der Waals surface area contributed by atoms with Crippen LogP contribution in [0.1, 0.15) is 39.2 Å². The van der Waals surface area contributed by atoms with Gasteiger partial charge in [0.2, 0.25) is 15.9 Å². The van der Waals surface area contributed by atoms with Crippen LogP contribution < -0.4 is 9.88 Å². The van der Waals surface area contributed by atoms with Crippen molar-refractivity contribution in [1.29, 1.82) is 0 Å². The summed E-state index contributed by atoms with van der Waals surface area (Å²) in [6.45, 7) is 7.77. The van der Waals surface area contributed by atoms with Gasteiger partial charge in [0.25, 0.3) is 0 Å². The molecule has 0 spiro atoms. The highest BCUT2D eigenvalue weighted by molar-refractivity contribution is 7.89. The Morgan fingerprint density at radius 1 is 1.41 bits per heavy atom. The van der Waals surface area contributed by atoms with Gasteiger partial charge < -0.3 is 4.74 Å².